The van der Waals surface area contributed by atoms with Crippen molar-refractivity contribution in [3.05, 3.63) is 59.5 Å². The van der Waals surface area contributed by atoms with Gasteiger partial charge in [-0.1, -0.05) is 34.6 Å². The molecule has 9 heteroatoms. The van der Waals surface area contributed by atoms with Crippen LogP contribution < -0.4 is 5.32 Å². The third kappa shape index (κ3) is 6.39. The molecule has 0 aliphatic carbocycles. The minimum atomic E-state index is -3.99. The third-order valence-electron chi connectivity index (χ3n) is 6.01. The molecule has 1 fully saturated rings. The number of allylic oxidation sites excluding steroid dienone is 1. The second kappa shape index (κ2) is 10.7. The number of piperazine rings is 1. The summed E-state index contributed by atoms with van der Waals surface area (Å²) in [7, 11) is 0.500. The van der Waals surface area contributed by atoms with Gasteiger partial charge < -0.3 is 20.2 Å². The van der Waals surface area contributed by atoms with Crippen molar-refractivity contribution in [2.75, 3.05) is 26.2 Å². The summed E-state index contributed by atoms with van der Waals surface area (Å²) in [5, 5.41) is 14.1. The highest BCUT2D eigenvalue weighted by Gasteiger charge is 2.34. The Balaban J connectivity index is 0.000000331. The van der Waals surface area contributed by atoms with Crippen molar-refractivity contribution in [1.29, 1.82) is 0 Å². The second-order valence-electron chi connectivity index (χ2n) is 8.39. The molecular formula is C24H31F3N3O2P. The summed E-state index contributed by atoms with van der Waals surface area (Å²) in [4.78, 5) is 16.9. The average Bonchev–Trinajstić information content (AvgIpc) is 2.80. The molecule has 0 aromatic heterocycles. The molecule has 3 aliphatic heterocycles. The molecule has 3 aliphatic rings. The Kier molecular flexibility index (Phi) is 8.24. The molecule has 1 saturated heterocycles. The molecule has 0 saturated carbocycles. The quantitative estimate of drug-likeness (QED) is 0.609. The molecule has 1 amide bonds. The van der Waals surface area contributed by atoms with Crippen LogP contribution in [-0.4, -0.2) is 59.0 Å². The fraction of sp³-hybridized carbons (Fsp3) is 0.458. The summed E-state index contributed by atoms with van der Waals surface area (Å²) in [5.41, 5.74) is 2.97. The van der Waals surface area contributed by atoms with E-state index in [0.717, 1.165) is 48.3 Å². The number of aromatic hydroxyl groups is 1. The topological polar surface area (TPSA) is 55.8 Å². The van der Waals surface area contributed by atoms with E-state index in [9.17, 15) is 23.1 Å². The van der Waals surface area contributed by atoms with E-state index in [1.165, 1.54) is 13.8 Å². The molecule has 0 spiro atoms. The van der Waals surface area contributed by atoms with Crippen molar-refractivity contribution in [2.45, 2.75) is 39.2 Å². The van der Waals surface area contributed by atoms with Crippen LogP contribution in [0.4, 0.5) is 13.2 Å². The van der Waals surface area contributed by atoms with E-state index < -0.39 is 12.1 Å². The van der Waals surface area contributed by atoms with Gasteiger partial charge in [-0.2, -0.15) is 13.2 Å². The summed E-state index contributed by atoms with van der Waals surface area (Å²) < 4.78 is 34.3. The van der Waals surface area contributed by atoms with Crippen LogP contribution in [-0.2, 0) is 4.79 Å². The third-order valence-corrected chi connectivity index (χ3v) is 7.52. The minimum Gasteiger partial charge on any atom is -0.508 e. The monoisotopic (exact) mass is 481 g/mol. The largest absolute Gasteiger partial charge is 0.508 e. The number of hydrogen-bond acceptors (Lipinski definition) is 4. The first-order valence-corrected chi connectivity index (χ1v) is 12.2. The van der Waals surface area contributed by atoms with E-state index in [-0.39, 0.29) is 23.9 Å². The number of hydrogen-bond donors (Lipinski definition) is 2. The Morgan fingerprint density at radius 2 is 1.97 bits per heavy atom. The first-order valence-electron chi connectivity index (χ1n) is 11.1. The van der Waals surface area contributed by atoms with Crippen molar-refractivity contribution >= 4 is 19.8 Å². The Labute approximate surface area is 194 Å². The number of amides is 1. The van der Waals surface area contributed by atoms with Crippen molar-refractivity contribution in [3.8, 4) is 5.75 Å². The van der Waals surface area contributed by atoms with Crippen LogP contribution in [0.25, 0.3) is 5.31 Å². The number of rotatable bonds is 3. The zero-order chi connectivity index (χ0) is 24.2. The lowest BCUT2D eigenvalue weighted by Crippen LogP contribution is -2.44. The first kappa shape index (κ1) is 25.3. The SMILES string of the molecule is CCC(C)C(F)(F)F.Cc1cc(C2=CC(=O)N3C=C(N4CCNCC4)C=CC3P2)ccc1O. The number of carbonyl (C=O) groups is 1. The first-order chi connectivity index (χ1) is 15.6. The molecule has 1 aromatic rings. The molecule has 3 unspecified atom stereocenters. The van der Waals surface area contributed by atoms with Gasteiger partial charge in [0.25, 0.3) is 5.91 Å². The van der Waals surface area contributed by atoms with Crippen molar-refractivity contribution in [3.63, 3.8) is 0 Å². The molecule has 1 aromatic carbocycles. The fourth-order valence-corrected chi connectivity index (χ4v) is 4.98. The van der Waals surface area contributed by atoms with E-state index in [1.54, 1.807) is 12.1 Å². The number of benzene rings is 1. The van der Waals surface area contributed by atoms with Crippen LogP contribution in [0, 0.1) is 12.8 Å². The van der Waals surface area contributed by atoms with Gasteiger partial charge in [0.2, 0.25) is 0 Å². The number of aryl methyl sites for hydroxylation is 1. The van der Waals surface area contributed by atoms with Gasteiger partial charge in [-0.05, 0) is 48.0 Å². The highest BCUT2D eigenvalue weighted by molar-refractivity contribution is 7.51. The normalized spacial score (nSPS) is 22.2. The zero-order valence-corrected chi connectivity index (χ0v) is 20.1. The van der Waals surface area contributed by atoms with Gasteiger partial charge in [0, 0.05) is 38.5 Å². The summed E-state index contributed by atoms with van der Waals surface area (Å²) >= 11 is 0. The lowest BCUT2D eigenvalue weighted by Gasteiger charge is -2.37. The Hall–Kier alpha value is -2.31. The number of nitrogens with zero attached hydrogens (tertiary/aromatic N) is 2. The maximum atomic E-state index is 12.7. The molecule has 2 N–H and O–H groups in total. The maximum absolute atomic E-state index is 12.7. The van der Waals surface area contributed by atoms with Gasteiger partial charge in [-0.25, -0.2) is 0 Å². The van der Waals surface area contributed by atoms with E-state index >= 15 is 0 Å². The van der Waals surface area contributed by atoms with Crippen LogP contribution in [0.1, 0.15) is 31.4 Å². The van der Waals surface area contributed by atoms with Gasteiger partial charge in [-0.15, -0.1) is 0 Å². The van der Waals surface area contributed by atoms with E-state index in [0.29, 0.717) is 8.58 Å². The Morgan fingerprint density at radius 1 is 1.27 bits per heavy atom. The summed E-state index contributed by atoms with van der Waals surface area (Å²) in [5.74, 6) is -0.741. The van der Waals surface area contributed by atoms with E-state index in [2.05, 4.69) is 22.4 Å². The van der Waals surface area contributed by atoms with Gasteiger partial charge in [-0.3, -0.25) is 4.79 Å². The van der Waals surface area contributed by atoms with E-state index in [1.807, 2.05) is 30.2 Å². The van der Waals surface area contributed by atoms with Crippen LogP contribution in [0.15, 0.2) is 48.3 Å². The van der Waals surface area contributed by atoms with Crippen LogP contribution in [0.3, 0.4) is 0 Å². The maximum Gasteiger partial charge on any atom is 0.391 e. The number of nitrogens with one attached hydrogen (secondary N) is 1. The molecule has 0 bridgehead atoms. The highest BCUT2D eigenvalue weighted by atomic mass is 31.1. The molecule has 4 rings (SSSR count). The predicted octanol–water partition coefficient (Wildman–Crippen LogP) is 4.80. The van der Waals surface area contributed by atoms with Crippen molar-refractivity contribution in [2.24, 2.45) is 5.92 Å². The van der Waals surface area contributed by atoms with Gasteiger partial charge in [0.1, 0.15) is 5.75 Å². The summed E-state index contributed by atoms with van der Waals surface area (Å²) in [6.07, 6.45) is 4.22. The zero-order valence-electron chi connectivity index (χ0n) is 19.1. The summed E-state index contributed by atoms with van der Waals surface area (Å²) in [6, 6.07) is 5.54. The molecule has 5 nitrogen and oxygen atoms in total. The molecule has 3 atom stereocenters. The molecule has 33 heavy (non-hydrogen) atoms. The molecular weight excluding hydrogens is 450 g/mol. The van der Waals surface area contributed by atoms with Crippen LogP contribution in [0.2, 0.25) is 0 Å². The van der Waals surface area contributed by atoms with Crippen LogP contribution >= 0.6 is 8.58 Å². The number of alkyl halides is 3. The second-order valence-corrected chi connectivity index (χ2v) is 9.81. The molecule has 3 heterocycles. The van der Waals surface area contributed by atoms with Gasteiger partial charge in [0.05, 0.1) is 17.4 Å². The average molecular weight is 481 g/mol. The van der Waals surface area contributed by atoms with Gasteiger partial charge >= 0.3 is 6.18 Å². The Bertz CT molecular complexity index is 953. The van der Waals surface area contributed by atoms with E-state index in [4.69, 9.17) is 0 Å². The number of fused-ring (bicyclic) bond motifs is 1. The minimum absolute atomic E-state index is 0.0291. The van der Waals surface area contributed by atoms with Crippen molar-refractivity contribution < 1.29 is 23.1 Å². The van der Waals surface area contributed by atoms with Crippen LogP contribution in [0.5, 0.6) is 5.75 Å². The van der Waals surface area contributed by atoms with Crippen molar-refractivity contribution in [1.82, 2.24) is 15.1 Å². The highest BCUT2D eigenvalue weighted by Crippen LogP contribution is 2.45. The Morgan fingerprint density at radius 3 is 2.55 bits per heavy atom. The number of phenols is 1. The lowest BCUT2D eigenvalue weighted by atomic mass is 10.1. The molecule has 180 valence electrons. The van der Waals surface area contributed by atoms with Gasteiger partial charge in [0.15, 0.2) is 0 Å². The summed E-state index contributed by atoms with van der Waals surface area (Å²) in [6.45, 7) is 8.49. The molecule has 0 radical (unpaired) electrons. The smallest absolute Gasteiger partial charge is 0.391 e. The lowest BCUT2D eigenvalue weighted by molar-refractivity contribution is -0.170. The fourth-order valence-electron chi connectivity index (χ4n) is 3.60. The number of phenolic OH excluding ortho intramolecular Hbond substituents is 1. The standard InChI is InChI=1S/C19H22N3O2P.C5H9F3/c1-13-10-14(2-4-16(13)23)17-11-18(24)22-12-15(3-5-19(22)25-17)21-8-6-20-7-9-21;1-3-4(2)5(6,7)8/h2-5,10-12,19-20,23,25H,6-9H2,1H3;4H,3H2,1-2H3. The number of halogens is 3. The predicted molar refractivity (Wildman–Crippen MR) is 127 cm³/mol. The number of carbonyl (C=O) groups excluding carboxylic acids is 1.